The van der Waals surface area contributed by atoms with Crippen molar-refractivity contribution in [2.24, 2.45) is 0 Å². The molecule has 1 heterocycles. The molecular weight excluding hydrogens is 244 g/mol. The van der Waals surface area contributed by atoms with Crippen molar-refractivity contribution in [3.05, 3.63) is 22.5 Å². The third-order valence-electron chi connectivity index (χ3n) is 3.16. The Bertz CT molecular complexity index is 477. The first kappa shape index (κ1) is 15.4. The van der Waals surface area contributed by atoms with Gasteiger partial charge in [-0.25, -0.2) is 0 Å². The molecule has 0 saturated carbocycles. The van der Waals surface area contributed by atoms with Crippen molar-refractivity contribution < 1.29 is 14.7 Å². The highest BCUT2D eigenvalue weighted by Crippen LogP contribution is 2.20. The van der Waals surface area contributed by atoms with E-state index in [1.165, 1.54) is 6.92 Å². The monoisotopic (exact) mass is 266 g/mol. The van der Waals surface area contributed by atoms with Gasteiger partial charge in [0.25, 0.3) is 5.91 Å². The number of nitrogens with one attached hydrogen (secondary N) is 2. The van der Waals surface area contributed by atoms with Crippen LogP contribution >= 0.6 is 0 Å². The van der Waals surface area contributed by atoms with E-state index in [9.17, 15) is 9.59 Å². The van der Waals surface area contributed by atoms with Crippen molar-refractivity contribution >= 4 is 11.7 Å². The molecule has 5 heteroatoms. The van der Waals surface area contributed by atoms with Gasteiger partial charge in [-0.2, -0.15) is 0 Å². The van der Waals surface area contributed by atoms with E-state index in [0.717, 1.165) is 11.3 Å². The second kappa shape index (κ2) is 6.52. The molecular formula is C14H22N2O3. The topological polar surface area (TPSA) is 82.2 Å². The Hall–Kier alpha value is -1.62. The number of aliphatic hydroxyl groups is 1. The minimum absolute atomic E-state index is 0.0323. The summed E-state index contributed by atoms with van der Waals surface area (Å²) in [7, 11) is 0. The van der Waals surface area contributed by atoms with E-state index in [2.05, 4.69) is 10.3 Å². The lowest BCUT2D eigenvalue weighted by molar-refractivity contribution is 0.0928. The summed E-state index contributed by atoms with van der Waals surface area (Å²) in [5.74, 6) is -0.263. The van der Waals surface area contributed by atoms with Crippen LogP contribution in [0, 0.1) is 6.92 Å². The highest BCUT2D eigenvalue weighted by atomic mass is 16.3. The molecule has 5 nitrogen and oxygen atoms in total. The van der Waals surface area contributed by atoms with Gasteiger partial charge in [0.05, 0.1) is 0 Å². The molecule has 0 aliphatic rings. The summed E-state index contributed by atoms with van der Waals surface area (Å²) in [6.07, 6.45) is 1.13. The third-order valence-corrected chi connectivity index (χ3v) is 3.16. The Balaban J connectivity index is 3.04. The van der Waals surface area contributed by atoms with Crippen LogP contribution in [-0.4, -0.2) is 34.4 Å². The molecule has 0 bridgehead atoms. The largest absolute Gasteiger partial charge is 0.396 e. The van der Waals surface area contributed by atoms with Crippen LogP contribution in [0.2, 0.25) is 0 Å². The zero-order chi connectivity index (χ0) is 14.6. The van der Waals surface area contributed by atoms with E-state index in [4.69, 9.17) is 5.11 Å². The second-order valence-corrected chi connectivity index (χ2v) is 4.78. The van der Waals surface area contributed by atoms with E-state index >= 15 is 0 Å². The average Bonchev–Trinajstić information content (AvgIpc) is 2.66. The Morgan fingerprint density at radius 2 is 2.05 bits per heavy atom. The highest BCUT2D eigenvalue weighted by Gasteiger charge is 2.22. The maximum absolute atomic E-state index is 12.2. The maximum atomic E-state index is 12.2. The number of aromatic nitrogens is 1. The number of carbonyl (C=O) groups is 2. The number of aromatic amines is 1. The van der Waals surface area contributed by atoms with Gasteiger partial charge < -0.3 is 15.4 Å². The van der Waals surface area contributed by atoms with Crippen LogP contribution in [0.4, 0.5) is 0 Å². The minimum atomic E-state index is -0.228. The lowest BCUT2D eigenvalue weighted by Gasteiger charge is -2.12. The van der Waals surface area contributed by atoms with Crippen LogP contribution in [0.1, 0.15) is 59.3 Å². The van der Waals surface area contributed by atoms with Gasteiger partial charge in [0.15, 0.2) is 5.78 Å². The molecule has 0 radical (unpaired) electrons. The van der Waals surface area contributed by atoms with Crippen LogP contribution in [0.3, 0.4) is 0 Å². The number of H-pyrrole nitrogens is 1. The van der Waals surface area contributed by atoms with Gasteiger partial charge in [-0.1, -0.05) is 6.92 Å². The number of aliphatic hydroxyl groups excluding tert-OH is 1. The fourth-order valence-corrected chi connectivity index (χ4v) is 2.26. The predicted molar refractivity (Wildman–Crippen MR) is 73.5 cm³/mol. The van der Waals surface area contributed by atoms with Crippen molar-refractivity contribution in [2.75, 3.05) is 6.61 Å². The number of amides is 1. The number of rotatable bonds is 6. The Morgan fingerprint density at radius 3 is 2.53 bits per heavy atom. The SMILES string of the molecule is CCc1c(C(=O)NC(C)CCO)[nH]c(C)c1C(C)=O. The number of aryl methyl sites for hydroxylation is 1. The standard InChI is InChI=1S/C14H22N2O3/c1-5-11-12(10(4)18)9(3)16-13(11)14(19)15-8(2)6-7-17/h8,16-17H,5-7H2,1-4H3,(H,15,19). The van der Waals surface area contributed by atoms with Crippen molar-refractivity contribution in [3.8, 4) is 0 Å². The molecule has 1 rings (SSSR count). The van der Waals surface area contributed by atoms with Gasteiger partial charge in [-0.05, 0) is 39.2 Å². The first-order chi connectivity index (χ1) is 8.92. The van der Waals surface area contributed by atoms with Crippen molar-refractivity contribution in [1.29, 1.82) is 0 Å². The maximum Gasteiger partial charge on any atom is 0.268 e. The van der Waals surface area contributed by atoms with Gasteiger partial charge in [0.1, 0.15) is 5.69 Å². The lowest BCUT2D eigenvalue weighted by Crippen LogP contribution is -2.34. The fourth-order valence-electron chi connectivity index (χ4n) is 2.26. The summed E-state index contributed by atoms with van der Waals surface area (Å²) in [6.45, 7) is 7.09. The van der Waals surface area contributed by atoms with Gasteiger partial charge in [0.2, 0.25) is 0 Å². The fraction of sp³-hybridized carbons (Fsp3) is 0.571. The summed E-state index contributed by atoms with van der Waals surface area (Å²) in [6, 6.07) is -0.105. The van der Waals surface area contributed by atoms with Crippen LogP contribution in [0.15, 0.2) is 0 Å². The predicted octanol–water partition coefficient (Wildman–Crippen LogP) is 1.59. The number of hydrogen-bond acceptors (Lipinski definition) is 3. The third kappa shape index (κ3) is 3.44. The molecule has 1 unspecified atom stereocenters. The smallest absolute Gasteiger partial charge is 0.268 e. The van der Waals surface area contributed by atoms with Crippen molar-refractivity contribution in [3.63, 3.8) is 0 Å². The average molecular weight is 266 g/mol. The van der Waals surface area contributed by atoms with Gasteiger partial charge in [-0.15, -0.1) is 0 Å². The van der Waals surface area contributed by atoms with Gasteiger partial charge in [-0.3, -0.25) is 9.59 Å². The first-order valence-corrected chi connectivity index (χ1v) is 6.56. The summed E-state index contributed by atoms with van der Waals surface area (Å²) < 4.78 is 0. The number of Topliss-reactive ketones (excluding diaryl/α,β-unsaturated/α-hetero) is 1. The molecule has 0 aromatic carbocycles. The molecule has 3 N–H and O–H groups in total. The Kier molecular flexibility index (Phi) is 5.30. The molecule has 106 valence electrons. The Labute approximate surface area is 113 Å². The van der Waals surface area contributed by atoms with Crippen molar-refractivity contribution in [2.45, 2.75) is 46.6 Å². The van der Waals surface area contributed by atoms with E-state index in [0.29, 0.717) is 24.1 Å². The van der Waals surface area contributed by atoms with E-state index in [1.54, 1.807) is 6.92 Å². The van der Waals surface area contributed by atoms with Crippen LogP contribution < -0.4 is 5.32 Å². The molecule has 0 aliphatic heterocycles. The Morgan fingerprint density at radius 1 is 1.42 bits per heavy atom. The highest BCUT2D eigenvalue weighted by molar-refractivity contribution is 6.02. The number of carbonyl (C=O) groups excluding carboxylic acids is 2. The second-order valence-electron chi connectivity index (χ2n) is 4.78. The molecule has 1 atom stereocenters. The number of ketones is 1. The number of hydrogen-bond donors (Lipinski definition) is 3. The van der Waals surface area contributed by atoms with Gasteiger partial charge >= 0.3 is 0 Å². The summed E-state index contributed by atoms with van der Waals surface area (Å²) in [5.41, 5.74) is 2.56. The van der Waals surface area contributed by atoms with Crippen LogP contribution in [-0.2, 0) is 6.42 Å². The molecule has 1 aromatic heterocycles. The lowest BCUT2D eigenvalue weighted by atomic mass is 10.0. The zero-order valence-electron chi connectivity index (χ0n) is 12.0. The van der Waals surface area contributed by atoms with E-state index in [1.807, 2.05) is 13.8 Å². The van der Waals surface area contributed by atoms with Crippen LogP contribution in [0.25, 0.3) is 0 Å². The minimum Gasteiger partial charge on any atom is -0.396 e. The molecule has 0 fully saturated rings. The normalized spacial score (nSPS) is 12.3. The summed E-state index contributed by atoms with van der Waals surface area (Å²) in [4.78, 5) is 26.8. The first-order valence-electron chi connectivity index (χ1n) is 6.56. The van der Waals surface area contributed by atoms with Crippen molar-refractivity contribution in [1.82, 2.24) is 10.3 Å². The molecule has 1 aromatic rings. The van der Waals surface area contributed by atoms with Gasteiger partial charge in [0, 0.05) is 23.9 Å². The molecule has 0 aliphatic carbocycles. The van der Waals surface area contributed by atoms with E-state index < -0.39 is 0 Å². The molecule has 19 heavy (non-hydrogen) atoms. The quantitative estimate of drug-likeness (QED) is 0.684. The zero-order valence-corrected chi connectivity index (χ0v) is 12.0. The van der Waals surface area contributed by atoms with Crippen LogP contribution in [0.5, 0.6) is 0 Å². The summed E-state index contributed by atoms with van der Waals surface area (Å²) in [5, 5.41) is 11.6. The molecule has 0 spiro atoms. The molecule has 1 amide bonds. The molecule has 0 saturated heterocycles. The van der Waals surface area contributed by atoms with E-state index in [-0.39, 0.29) is 24.3 Å². The summed E-state index contributed by atoms with van der Waals surface area (Å²) >= 11 is 0.